The summed E-state index contributed by atoms with van der Waals surface area (Å²) in [5.74, 6) is -0.0980. The van der Waals surface area contributed by atoms with Crippen LogP contribution in [0.5, 0.6) is 0 Å². The number of carbonyl (C=O) groups excluding carboxylic acids is 1. The van der Waals surface area contributed by atoms with Crippen LogP contribution in [0.3, 0.4) is 0 Å². The molecule has 140 valence electrons. The van der Waals surface area contributed by atoms with Gasteiger partial charge in [-0.15, -0.1) is 0 Å². The molecule has 0 aromatic heterocycles. The van der Waals surface area contributed by atoms with Crippen molar-refractivity contribution in [2.75, 3.05) is 19.6 Å². The highest BCUT2D eigenvalue weighted by Crippen LogP contribution is 2.41. The van der Waals surface area contributed by atoms with Gasteiger partial charge >= 0.3 is 0 Å². The monoisotopic (exact) mass is 356 g/mol. The summed E-state index contributed by atoms with van der Waals surface area (Å²) in [7, 11) is 0. The highest BCUT2D eigenvalue weighted by Gasteiger charge is 2.39. The summed E-state index contributed by atoms with van der Waals surface area (Å²) >= 11 is 0. The number of hydrogen-bond donors (Lipinski definition) is 3. The molecule has 1 aliphatic heterocycles. The number of rotatable bonds is 5. The van der Waals surface area contributed by atoms with Gasteiger partial charge in [-0.1, -0.05) is 18.6 Å². The van der Waals surface area contributed by atoms with Crippen molar-refractivity contribution in [1.82, 2.24) is 10.2 Å². The average Bonchev–Trinajstić information content (AvgIpc) is 2.59. The van der Waals surface area contributed by atoms with Gasteiger partial charge in [0.05, 0.1) is 11.5 Å². The number of carbonyl (C=O) groups is 1. The van der Waals surface area contributed by atoms with Crippen LogP contribution < -0.4 is 11.1 Å². The van der Waals surface area contributed by atoms with Crippen molar-refractivity contribution in [3.63, 3.8) is 0 Å². The number of nitriles is 1. The van der Waals surface area contributed by atoms with Gasteiger partial charge in [0.1, 0.15) is 5.72 Å². The number of likely N-dealkylation sites (tertiary alicyclic amines) is 1. The minimum absolute atomic E-state index is 0.0980. The molecule has 2 fully saturated rings. The van der Waals surface area contributed by atoms with Crippen molar-refractivity contribution < 1.29 is 9.90 Å². The van der Waals surface area contributed by atoms with Crippen LogP contribution in [0, 0.1) is 16.7 Å². The third-order valence-corrected chi connectivity index (χ3v) is 5.73. The molecule has 0 radical (unpaired) electrons. The quantitative estimate of drug-likeness (QED) is 0.697. The molecule has 6 heteroatoms. The van der Waals surface area contributed by atoms with Gasteiger partial charge in [-0.2, -0.15) is 5.26 Å². The van der Waals surface area contributed by atoms with Crippen molar-refractivity contribution in [1.29, 1.82) is 5.26 Å². The Morgan fingerprint density at radius 3 is 2.46 bits per heavy atom. The van der Waals surface area contributed by atoms with E-state index in [2.05, 4.69) is 16.3 Å². The molecule has 0 spiro atoms. The summed E-state index contributed by atoms with van der Waals surface area (Å²) in [6.45, 7) is 4.22. The Morgan fingerprint density at radius 1 is 1.38 bits per heavy atom. The van der Waals surface area contributed by atoms with E-state index in [0.717, 1.165) is 45.3 Å². The third kappa shape index (κ3) is 4.24. The number of amides is 1. The summed E-state index contributed by atoms with van der Waals surface area (Å²) in [5, 5.41) is 22.2. The molecule has 1 saturated carbocycles. The Labute approximate surface area is 155 Å². The highest BCUT2D eigenvalue weighted by molar-refractivity contribution is 5.94. The lowest BCUT2D eigenvalue weighted by Gasteiger charge is -2.42. The van der Waals surface area contributed by atoms with Crippen LogP contribution in [0.15, 0.2) is 24.3 Å². The van der Waals surface area contributed by atoms with Crippen LogP contribution in [-0.4, -0.2) is 41.6 Å². The maximum Gasteiger partial charge on any atom is 0.251 e. The zero-order chi connectivity index (χ0) is 18.8. The van der Waals surface area contributed by atoms with Gasteiger partial charge in [-0.25, -0.2) is 0 Å². The fourth-order valence-electron chi connectivity index (χ4n) is 3.80. The molecule has 1 aromatic rings. The number of nitrogens with zero attached hydrogens (tertiary/aromatic N) is 2. The Bertz CT molecular complexity index is 675. The summed E-state index contributed by atoms with van der Waals surface area (Å²) in [4.78, 5) is 14.8. The minimum atomic E-state index is -1.40. The van der Waals surface area contributed by atoms with Gasteiger partial charge < -0.3 is 21.1 Å². The number of piperidine rings is 1. The van der Waals surface area contributed by atoms with Crippen molar-refractivity contribution >= 4 is 5.91 Å². The van der Waals surface area contributed by atoms with Crippen molar-refractivity contribution in [2.24, 2.45) is 11.1 Å². The minimum Gasteiger partial charge on any atom is -0.372 e. The normalized spacial score (nSPS) is 22.7. The Hall–Kier alpha value is -1.94. The van der Waals surface area contributed by atoms with Crippen LogP contribution in [0.4, 0.5) is 0 Å². The summed E-state index contributed by atoms with van der Waals surface area (Å²) < 4.78 is 0. The van der Waals surface area contributed by atoms with E-state index in [1.807, 2.05) is 0 Å². The fourth-order valence-corrected chi connectivity index (χ4v) is 3.80. The van der Waals surface area contributed by atoms with E-state index in [1.165, 1.54) is 13.3 Å². The van der Waals surface area contributed by atoms with E-state index in [4.69, 9.17) is 5.73 Å². The average molecular weight is 356 g/mol. The molecular formula is C20H28N4O2. The molecule has 1 amide bonds. The molecule has 1 unspecified atom stereocenters. The number of aliphatic hydroxyl groups is 1. The van der Waals surface area contributed by atoms with E-state index >= 15 is 0 Å². The van der Waals surface area contributed by atoms with Gasteiger partial charge in [0, 0.05) is 31.2 Å². The van der Waals surface area contributed by atoms with Crippen LogP contribution in [0.1, 0.15) is 54.9 Å². The molecule has 0 bridgehead atoms. The molecule has 2 aliphatic rings. The van der Waals surface area contributed by atoms with Crippen molar-refractivity contribution in [2.45, 2.75) is 50.8 Å². The van der Waals surface area contributed by atoms with Crippen LogP contribution in [0.2, 0.25) is 0 Å². The zero-order valence-electron chi connectivity index (χ0n) is 15.4. The zero-order valence-corrected chi connectivity index (χ0v) is 15.4. The Kier molecular flexibility index (Phi) is 5.33. The number of hydrogen-bond acceptors (Lipinski definition) is 5. The van der Waals surface area contributed by atoms with E-state index in [9.17, 15) is 15.2 Å². The first kappa shape index (κ1) is 18.8. The van der Waals surface area contributed by atoms with Crippen LogP contribution in [0.25, 0.3) is 0 Å². The molecule has 3 rings (SSSR count). The third-order valence-electron chi connectivity index (χ3n) is 5.73. The SMILES string of the molecule is CC(N)(O)c1ccc(C(=O)NC2CCN(CC3(C#N)CCC3)CC2)cc1. The number of nitrogens with one attached hydrogen (secondary N) is 1. The van der Waals surface area contributed by atoms with E-state index < -0.39 is 5.72 Å². The standard InChI is InChI=1S/C20H28N4O2/c1-19(22,26)16-5-3-15(4-6-16)18(25)23-17-7-11-24(12-8-17)14-20(13-21)9-2-10-20/h3-6,17,26H,2,7-12,14,22H2,1H3,(H,23,25). The molecule has 6 nitrogen and oxygen atoms in total. The maximum atomic E-state index is 12.4. The largest absolute Gasteiger partial charge is 0.372 e. The summed E-state index contributed by atoms with van der Waals surface area (Å²) in [6.07, 6.45) is 5.02. The molecule has 26 heavy (non-hydrogen) atoms. The first-order valence-corrected chi connectivity index (χ1v) is 9.38. The van der Waals surface area contributed by atoms with Crippen LogP contribution in [-0.2, 0) is 5.72 Å². The van der Waals surface area contributed by atoms with Crippen molar-refractivity contribution in [3.8, 4) is 6.07 Å². The van der Waals surface area contributed by atoms with Crippen LogP contribution >= 0.6 is 0 Å². The predicted molar refractivity (Wildman–Crippen MR) is 99.0 cm³/mol. The second-order valence-corrected chi connectivity index (χ2v) is 7.99. The molecular weight excluding hydrogens is 328 g/mol. The van der Waals surface area contributed by atoms with E-state index in [-0.39, 0.29) is 17.4 Å². The number of benzene rings is 1. The second kappa shape index (κ2) is 7.36. The fraction of sp³-hybridized carbons (Fsp3) is 0.600. The van der Waals surface area contributed by atoms with Gasteiger partial charge in [0.2, 0.25) is 0 Å². The van der Waals surface area contributed by atoms with E-state index in [0.29, 0.717) is 11.1 Å². The second-order valence-electron chi connectivity index (χ2n) is 7.99. The molecule has 1 aliphatic carbocycles. The Balaban J connectivity index is 1.48. The van der Waals surface area contributed by atoms with Gasteiger partial charge in [0.25, 0.3) is 5.91 Å². The lowest BCUT2D eigenvalue weighted by molar-refractivity contribution is 0.0646. The summed E-state index contributed by atoms with van der Waals surface area (Å²) in [6, 6.07) is 9.40. The lowest BCUT2D eigenvalue weighted by Crippen LogP contribution is -2.49. The lowest BCUT2D eigenvalue weighted by atomic mass is 9.69. The first-order valence-electron chi connectivity index (χ1n) is 9.38. The molecule has 1 saturated heterocycles. The topological polar surface area (TPSA) is 102 Å². The number of nitrogens with two attached hydrogens (primary N) is 1. The molecule has 1 atom stereocenters. The Morgan fingerprint density at radius 2 is 2.00 bits per heavy atom. The van der Waals surface area contributed by atoms with Gasteiger partial charge in [0.15, 0.2) is 0 Å². The molecule has 4 N–H and O–H groups in total. The van der Waals surface area contributed by atoms with Gasteiger partial charge in [-0.05, 0) is 50.3 Å². The maximum absolute atomic E-state index is 12.4. The molecule has 1 heterocycles. The smallest absolute Gasteiger partial charge is 0.251 e. The van der Waals surface area contributed by atoms with Crippen molar-refractivity contribution in [3.05, 3.63) is 35.4 Å². The predicted octanol–water partition coefficient (Wildman–Crippen LogP) is 1.70. The summed E-state index contributed by atoms with van der Waals surface area (Å²) in [5.41, 5.74) is 5.26. The van der Waals surface area contributed by atoms with E-state index in [1.54, 1.807) is 24.3 Å². The highest BCUT2D eigenvalue weighted by atomic mass is 16.3. The first-order chi connectivity index (χ1) is 12.3. The molecule has 1 aromatic carbocycles. The van der Waals surface area contributed by atoms with Gasteiger partial charge in [-0.3, -0.25) is 4.79 Å².